The molecular formula is C59H74ClF2N9O11S. The number of aromatic hydroxyl groups is 1. The molecule has 7 rings (SSSR count). The van der Waals surface area contributed by atoms with E-state index in [0.717, 1.165) is 27.8 Å². The molecule has 5 N–H and O–H groups in total. The van der Waals surface area contributed by atoms with Crippen LogP contribution in [0.15, 0.2) is 66.7 Å². The number of aliphatic hydroxyl groups excluding tert-OH is 1. The fourth-order valence-electron chi connectivity index (χ4n) is 9.94. The molecule has 24 heteroatoms. The Balaban J connectivity index is 0.770. The zero-order valence-electron chi connectivity index (χ0n) is 47.7. The first-order valence-corrected chi connectivity index (χ1v) is 28.9. The summed E-state index contributed by atoms with van der Waals surface area (Å²) in [7, 11) is 1.64. The second-order valence-electron chi connectivity index (χ2n) is 21.6. The summed E-state index contributed by atoms with van der Waals surface area (Å²) in [4.78, 5) is 85.3. The van der Waals surface area contributed by atoms with Crippen LogP contribution in [0.3, 0.4) is 0 Å². The Labute approximate surface area is 490 Å². The molecule has 0 aliphatic carbocycles. The number of ether oxygens (including phenoxy) is 4. The van der Waals surface area contributed by atoms with Gasteiger partial charge in [-0.1, -0.05) is 69.3 Å². The Morgan fingerprint density at radius 1 is 0.940 bits per heavy atom. The predicted octanol–water partition coefficient (Wildman–Crippen LogP) is 6.95. The lowest BCUT2D eigenvalue weighted by Gasteiger charge is -2.35. The highest BCUT2D eigenvalue weighted by atomic mass is 35.5. The first kappa shape index (κ1) is 63.8. The third-order valence-electron chi connectivity index (χ3n) is 14.6. The number of halogens is 3. The molecule has 2 aliphatic rings. The Morgan fingerprint density at radius 2 is 1.60 bits per heavy atom. The molecule has 5 aromatic rings. The summed E-state index contributed by atoms with van der Waals surface area (Å²) in [5.41, 5.74) is 3.48. The molecule has 448 valence electrons. The van der Waals surface area contributed by atoms with Crippen molar-refractivity contribution in [3.05, 3.63) is 100 Å². The van der Waals surface area contributed by atoms with Gasteiger partial charge in [-0.05, 0) is 67.5 Å². The quantitative estimate of drug-likeness (QED) is 0.0264. The van der Waals surface area contributed by atoms with E-state index in [4.69, 9.17) is 35.5 Å². The summed E-state index contributed by atoms with van der Waals surface area (Å²) in [5, 5.41) is 30.1. The number of hydrogen-bond acceptors (Lipinski definition) is 16. The van der Waals surface area contributed by atoms with Crippen LogP contribution in [0.4, 0.5) is 14.7 Å². The molecular weight excluding hydrogens is 1120 g/mol. The van der Waals surface area contributed by atoms with Crippen molar-refractivity contribution in [2.24, 2.45) is 5.41 Å². The number of benzene rings is 3. The van der Waals surface area contributed by atoms with Gasteiger partial charge in [0.1, 0.15) is 35.8 Å². The number of anilines is 1. The molecule has 0 bridgehead atoms. The number of piperidine rings is 1. The topological polar surface area (TPSA) is 247 Å². The normalized spacial score (nSPS) is 16.4. The highest BCUT2D eigenvalue weighted by Gasteiger charge is 2.45. The maximum absolute atomic E-state index is 16.5. The number of aliphatic hydroxyl groups is 1. The molecule has 3 aromatic carbocycles. The van der Waals surface area contributed by atoms with Gasteiger partial charge in [0.15, 0.2) is 5.82 Å². The van der Waals surface area contributed by atoms with Gasteiger partial charge in [0.25, 0.3) is 0 Å². The molecule has 0 radical (unpaired) electrons. The summed E-state index contributed by atoms with van der Waals surface area (Å²) in [6.07, 6.45) is 1.46. The summed E-state index contributed by atoms with van der Waals surface area (Å²) in [6.45, 7) is 15.2. The Bertz CT molecular complexity index is 3070. The van der Waals surface area contributed by atoms with Gasteiger partial charge in [0, 0.05) is 69.5 Å². The molecule has 0 spiro atoms. The number of thiazole rings is 1. The number of β-amino-alcohol motifs (C(OH)–C–C–N with tert-alkyl or cyclic N) is 1. The van der Waals surface area contributed by atoms with Gasteiger partial charge in [0.05, 0.1) is 90.8 Å². The predicted molar refractivity (Wildman–Crippen MR) is 311 cm³/mol. The van der Waals surface area contributed by atoms with Crippen molar-refractivity contribution in [1.82, 2.24) is 40.3 Å². The fourth-order valence-corrected chi connectivity index (χ4v) is 11.0. The first-order valence-electron chi connectivity index (χ1n) is 27.6. The van der Waals surface area contributed by atoms with E-state index in [2.05, 4.69) is 32.5 Å². The number of phenolic OH excluding ortho intramolecular Hbond substituents is 1. The fraction of sp³-hybridized carbons (Fsp3) is 0.492. The number of fused-ring (bicyclic) bond motifs is 1. The van der Waals surface area contributed by atoms with Crippen molar-refractivity contribution >= 4 is 69.3 Å². The minimum atomic E-state index is -1.01. The molecule has 5 amide bonds. The number of nitrogens with zero attached hydrogens (tertiary/aromatic N) is 6. The maximum Gasteiger partial charge on any atom is 0.246 e. The second kappa shape index (κ2) is 29.7. The third kappa shape index (κ3) is 16.8. The molecule has 2 aliphatic heterocycles. The molecule has 83 heavy (non-hydrogen) atoms. The van der Waals surface area contributed by atoms with Crippen LogP contribution in [0.25, 0.3) is 32.5 Å². The van der Waals surface area contributed by atoms with Gasteiger partial charge < -0.3 is 59.8 Å². The summed E-state index contributed by atoms with van der Waals surface area (Å²) < 4.78 is 53.9. The van der Waals surface area contributed by atoms with E-state index in [-0.39, 0.29) is 125 Å². The van der Waals surface area contributed by atoms with E-state index in [0.29, 0.717) is 43.6 Å². The number of carbonyl (C=O) groups excluding carboxylic acids is 5. The largest absolute Gasteiger partial charge is 0.507 e. The van der Waals surface area contributed by atoms with Gasteiger partial charge in [-0.3, -0.25) is 24.0 Å². The smallest absolute Gasteiger partial charge is 0.246 e. The highest BCUT2D eigenvalue weighted by Crippen LogP contribution is 2.43. The number of aromatic nitrogens is 3. The average Bonchev–Trinajstić information content (AvgIpc) is 2.90. The lowest BCUT2D eigenvalue weighted by Crippen LogP contribution is -2.58. The number of likely N-dealkylation sites (N-methyl/N-ethyl adjacent to an activating group) is 1. The van der Waals surface area contributed by atoms with Crippen LogP contribution in [0.2, 0.25) is 5.02 Å². The van der Waals surface area contributed by atoms with E-state index < -0.39 is 64.3 Å². The molecule has 2 fully saturated rings. The van der Waals surface area contributed by atoms with Crippen LogP contribution in [0.5, 0.6) is 5.75 Å². The number of phenols is 1. The zero-order valence-corrected chi connectivity index (χ0v) is 49.3. The molecule has 0 saturated carbocycles. The van der Waals surface area contributed by atoms with E-state index >= 15 is 8.78 Å². The van der Waals surface area contributed by atoms with Gasteiger partial charge in [0.2, 0.25) is 35.5 Å². The summed E-state index contributed by atoms with van der Waals surface area (Å²) in [6, 6.07) is 10.6. The molecule has 4 atom stereocenters. The van der Waals surface area contributed by atoms with Crippen LogP contribution in [-0.2, 0) is 42.9 Å². The zero-order chi connectivity index (χ0) is 60.0. The molecule has 0 unspecified atom stereocenters. The van der Waals surface area contributed by atoms with E-state index in [1.807, 2.05) is 38.1 Å². The van der Waals surface area contributed by atoms with Gasteiger partial charge in [-0.15, -0.1) is 11.3 Å². The van der Waals surface area contributed by atoms with Gasteiger partial charge >= 0.3 is 0 Å². The van der Waals surface area contributed by atoms with Crippen molar-refractivity contribution in [2.75, 3.05) is 97.9 Å². The molecule has 2 aromatic heterocycles. The summed E-state index contributed by atoms with van der Waals surface area (Å²) in [5.74, 6) is -4.32. The van der Waals surface area contributed by atoms with Crippen molar-refractivity contribution in [1.29, 1.82) is 0 Å². The Kier molecular flexibility index (Phi) is 22.8. The number of likely N-dealkylation sites (tertiary alicyclic amines) is 2. The maximum atomic E-state index is 16.5. The second-order valence-corrected chi connectivity index (χ2v) is 22.8. The van der Waals surface area contributed by atoms with Crippen LogP contribution in [-0.4, -0.2) is 180 Å². The number of amides is 5. The number of carbonyl (C=O) groups is 5. The molecule has 4 heterocycles. The lowest BCUT2D eigenvalue weighted by molar-refractivity contribution is -0.144. The summed E-state index contributed by atoms with van der Waals surface area (Å²) >= 11 is 8.15. The van der Waals surface area contributed by atoms with Crippen molar-refractivity contribution < 1.29 is 61.9 Å². The number of hydrogen-bond donors (Lipinski definition) is 5. The van der Waals surface area contributed by atoms with Crippen molar-refractivity contribution in [3.8, 4) is 27.3 Å². The number of rotatable bonds is 27. The molecule has 2 saturated heterocycles. The first-order chi connectivity index (χ1) is 39.7. The van der Waals surface area contributed by atoms with Gasteiger partial charge in [-0.25, -0.2) is 23.7 Å². The Morgan fingerprint density at radius 3 is 2.23 bits per heavy atom. The van der Waals surface area contributed by atoms with Crippen LogP contribution in [0, 0.1) is 24.0 Å². The Hall–Kier alpha value is -6.73. The highest BCUT2D eigenvalue weighted by molar-refractivity contribution is 7.13. The van der Waals surface area contributed by atoms with Crippen molar-refractivity contribution in [3.63, 3.8) is 0 Å². The van der Waals surface area contributed by atoms with Crippen LogP contribution < -0.4 is 16.0 Å². The lowest BCUT2D eigenvalue weighted by atomic mass is 9.85. The average molecular weight is 1190 g/mol. The number of aryl methyl sites for hydroxylation is 1. The SMILES string of the molecule is C=CC(=O)N1CCC(c2nc(NCCC(=O)N(C)CCOCCOCCOCCOCC(=O)N[C@H](C(=O)N3C[C@H](O)C[C@H]3C(=O)N[C@@H](C)c3ccc(-c4scnc4C)cc3)C(C)(C)C)nc3c(F)c(-c4c(O)cccc4F)c(Cl)cc23)CC1. The monoisotopic (exact) mass is 1190 g/mol. The third-order valence-corrected chi connectivity index (χ3v) is 15.8. The standard InChI is InChI=1S/C59H74ClF2N9O11S/c1-8-47(75)70-20-17-38(18-21-70)52-41-31-42(60)49(50-43(61)10-9-11-45(50)73)51(62)53(41)68-58(67-52)63-19-16-48(76)69(7)22-23-79-24-25-80-26-27-81-28-29-82-33-46(74)66-55(59(4,5)6)57(78)71-32-40(72)30-44(71)56(77)65-35(2)37-12-14-39(15-13-37)54-36(3)64-34-83-54/h8-15,31,34-35,38,40,44,55,72-73H,1,16-30,32-33H2,2-7H3,(H,65,77)(H,66,74)(H,63,67,68)/t35-,40+,44-,55+/m0/s1. The van der Waals surface area contributed by atoms with Crippen LogP contribution >= 0.6 is 22.9 Å². The van der Waals surface area contributed by atoms with E-state index in [9.17, 15) is 34.2 Å². The van der Waals surface area contributed by atoms with Gasteiger partial charge in [-0.2, -0.15) is 0 Å². The van der Waals surface area contributed by atoms with Crippen molar-refractivity contribution in [2.45, 2.75) is 90.4 Å². The minimum Gasteiger partial charge on any atom is -0.507 e. The van der Waals surface area contributed by atoms with E-state index in [1.165, 1.54) is 34.1 Å². The number of nitrogens with one attached hydrogen (secondary N) is 3. The molecule has 20 nitrogen and oxygen atoms in total. The van der Waals surface area contributed by atoms with E-state index in [1.54, 1.807) is 49.6 Å². The minimum absolute atomic E-state index is 0.0352. The van der Waals surface area contributed by atoms with Crippen LogP contribution in [0.1, 0.15) is 82.3 Å².